The average Bonchev–Trinajstić information content (AvgIpc) is 2.80. The lowest BCUT2D eigenvalue weighted by Gasteiger charge is -2.09. The van der Waals surface area contributed by atoms with E-state index in [2.05, 4.69) is 10.6 Å². The number of carbonyl (C=O) groups excluding carboxylic acids is 3. The number of benzene rings is 3. The predicted octanol–water partition coefficient (Wildman–Crippen LogP) is 4.17. The second-order valence-corrected chi connectivity index (χ2v) is 6.52. The lowest BCUT2D eigenvalue weighted by atomic mass is 10.2. The molecule has 3 aromatic carbocycles. The second kappa shape index (κ2) is 10.6. The third-order valence-electron chi connectivity index (χ3n) is 4.22. The van der Waals surface area contributed by atoms with Crippen molar-refractivity contribution in [2.75, 3.05) is 23.8 Å². The number of aldehydes is 1. The monoisotopic (exact) mass is 418 g/mol. The summed E-state index contributed by atoms with van der Waals surface area (Å²) in [4.78, 5) is 35.3. The first-order valence-electron chi connectivity index (χ1n) is 9.69. The maximum Gasteiger partial charge on any atom is 0.262 e. The van der Waals surface area contributed by atoms with Crippen LogP contribution in [-0.2, 0) is 4.79 Å². The van der Waals surface area contributed by atoms with E-state index in [0.717, 1.165) is 5.75 Å². The van der Waals surface area contributed by atoms with Gasteiger partial charge in [-0.3, -0.25) is 14.4 Å². The zero-order chi connectivity index (χ0) is 22.1. The van der Waals surface area contributed by atoms with Gasteiger partial charge in [0.1, 0.15) is 17.8 Å². The Morgan fingerprint density at radius 1 is 0.839 bits per heavy atom. The fourth-order valence-corrected chi connectivity index (χ4v) is 2.73. The summed E-state index contributed by atoms with van der Waals surface area (Å²) in [6.07, 6.45) is 0.709. The Morgan fingerprint density at radius 3 is 2.19 bits per heavy atom. The van der Waals surface area contributed by atoms with Crippen molar-refractivity contribution in [2.45, 2.75) is 6.92 Å². The number of hydrogen-bond donors (Lipinski definition) is 2. The Hall–Kier alpha value is -4.13. The number of amides is 2. The van der Waals surface area contributed by atoms with Crippen LogP contribution in [0.5, 0.6) is 11.5 Å². The standard InChI is InChI=1S/C24H22N2O5/c1-2-30-21-12-10-20(11-13-21)26-24(29)18-6-8-19(9-7-18)25-23(28)16-31-22-5-3-4-17(14-22)15-27/h3-15H,2,16H2,1H3,(H,25,28)(H,26,29). The molecular formula is C24H22N2O5. The summed E-state index contributed by atoms with van der Waals surface area (Å²) in [5, 5.41) is 5.50. The van der Waals surface area contributed by atoms with Gasteiger partial charge in [-0.05, 0) is 67.6 Å². The fraction of sp³-hybridized carbons (Fsp3) is 0.125. The predicted molar refractivity (Wildman–Crippen MR) is 118 cm³/mol. The van der Waals surface area contributed by atoms with Crippen molar-refractivity contribution in [3.8, 4) is 11.5 Å². The molecule has 0 spiro atoms. The van der Waals surface area contributed by atoms with E-state index in [1.54, 1.807) is 72.8 Å². The molecule has 0 saturated heterocycles. The summed E-state index contributed by atoms with van der Waals surface area (Å²) in [5.74, 6) is 0.547. The number of hydrogen-bond acceptors (Lipinski definition) is 5. The molecule has 0 atom stereocenters. The molecule has 0 radical (unpaired) electrons. The largest absolute Gasteiger partial charge is 0.494 e. The first-order chi connectivity index (χ1) is 15.1. The summed E-state index contributed by atoms with van der Waals surface area (Å²) in [6.45, 7) is 2.28. The molecular weight excluding hydrogens is 396 g/mol. The lowest BCUT2D eigenvalue weighted by Crippen LogP contribution is -2.20. The van der Waals surface area contributed by atoms with E-state index in [1.165, 1.54) is 0 Å². The van der Waals surface area contributed by atoms with Gasteiger partial charge in [0.15, 0.2) is 6.61 Å². The van der Waals surface area contributed by atoms with E-state index >= 15 is 0 Å². The normalized spacial score (nSPS) is 10.1. The average molecular weight is 418 g/mol. The molecule has 7 nitrogen and oxygen atoms in total. The number of ether oxygens (including phenoxy) is 2. The van der Waals surface area contributed by atoms with Gasteiger partial charge >= 0.3 is 0 Å². The Labute approximate surface area is 180 Å². The molecule has 0 fully saturated rings. The molecule has 0 aromatic heterocycles. The topological polar surface area (TPSA) is 93.7 Å². The van der Waals surface area contributed by atoms with Crippen LogP contribution in [0.1, 0.15) is 27.6 Å². The summed E-state index contributed by atoms with van der Waals surface area (Å²) in [5.41, 5.74) is 2.11. The highest BCUT2D eigenvalue weighted by molar-refractivity contribution is 6.04. The van der Waals surface area contributed by atoms with E-state index in [1.807, 2.05) is 6.92 Å². The Kier molecular flexibility index (Phi) is 7.37. The smallest absolute Gasteiger partial charge is 0.262 e. The second-order valence-electron chi connectivity index (χ2n) is 6.52. The van der Waals surface area contributed by atoms with Crippen LogP contribution in [0.3, 0.4) is 0 Å². The lowest BCUT2D eigenvalue weighted by molar-refractivity contribution is -0.118. The number of anilines is 2. The van der Waals surface area contributed by atoms with Crippen molar-refractivity contribution in [3.05, 3.63) is 83.9 Å². The summed E-state index contributed by atoms with van der Waals surface area (Å²) in [6, 6.07) is 20.2. The van der Waals surface area contributed by atoms with Gasteiger partial charge in [0, 0.05) is 22.5 Å². The highest BCUT2D eigenvalue weighted by Crippen LogP contribution is 2.17. The van der Waals surface area contributed by atoms with Gasteiger partial charge < -0.3 is 20.1 Å². The summed E-state index contributed by atoms with van der Waals surface area (Å²) in [7, 11) is 0. The molecule has 0 aliphatic carbocycles. The van der Waals surface area contributed by atoms with Crippen LogP contribution in [-0.4, -0.2) is 31.3 Å². The van der Waals surface area contributed by atoms with Crippen LogP contribution in [0.15, 0.2) is 72.8 Å². The van der Waals surface area contributed by atoms with Crippen LogP contribution >= 0.6 is 0 Å². The van der Waals surface area contributed by atoms with Crippen LogP contribution < -0.4 is 20.1 Å². The van der Waals surface area contributed by atoms with E-state index in [-0.39, 0.29) is 18.4 Å². The number of nitrogens with one attached hydrogen (secondary N) is 2. The summed E-state index contributed by atoms with van der Waals surface area (Å²) >= 11 is 0. The van der Waals surface area contributed by atoms with Gasteiger partial charge in [0.25, 0.3) is 11.8 Å². The highest BCUT2D eigenvalue weighted by Gasteiger charge is 2.08. The minimum absolute atomic E-state index is 0.206. The molecule has 0 aliphatic heterocycles. The Balaban J connectivity index is 1.51. The van der Waals surface area contributed by atoms with E-state index in [9.17, 15) is 14.4 Å². The first kappa shape index (κ1) is 21.6. The van der Waals surface area contributed by atoms with Crippen molar-refractivity contribution in [1.82, 2.24) is 0 Å². The number of rotatable bonds is 9. The minimum atomic E-state index is -0.358. The zero-order valence-corrected chi connectivity index (χ0v) is 17.0. The van der Waals surface area contributed by atoms with Crippen molar-refractivity contribution in [2.24, 2.45) is 0 Å². The molecule has 0 aliphatic rings. The van der Waals surface area contributed by atoms with E-state index in [0.29, 0.717) is 41.1 Å². The van der Waals surface area contributed by atoms with Gasteiger partial charge in [-0.2, -0.15) is 0 Å². The van der Waals surface area contributed by atoms with E-state index < -0.39 is 0 Å². The molecule has 0 saturated carbocycles. The fourth-order valence-electron chi connectivity index (χ4n) is 2.73. The molecule has 3 rings (SSSR count). The van der Waals surface area contributed by atoms with Crippen molar-refractivity contribution in [3.63, 3.8) is 0 Å². The minimum Gasteiger partial charge on any atom is -0.494 e. The van der Waals surface area contributed by atoms with Gasteiger partial charge in [-0.25, -0.2) is 0 Å². The molecule has 0 bridgehead atoms. The summed E-state index contributed by atoms with van der Waals surface area (Å²) < 4.78 is 10.8. The maximum atomic E-state index is 12.4. The molecule has 158 valence electrons. The van der Waals surface area contributed by atoms with Gasteiger partial charge in [-0.15, -0.1) is 0 Å². The van der Waals surface area contributed by atoms with E-state index in [4.69, 9.17) is 9.47 Å². The van der Waals surface area contributed by atoms with Crippen molar-refractivity contribution < 1.29 is 23.9 Å². The molecule has 0 heterocycles. The molecule has 3 aromatic rings. The third-order valence-corrected chi connectivity index (χ3v) is 4.22. The van der Waals surface area contributed by atoms with Gasteiger partial charge in [0.05, 0.1) is 6.61 Å². The van der Waals surface area contributed by atoms with Gasteiger partial charge in [-0.1, -0.05) is 12.1 Å². The van der Waals surface area contributed by atoms with Crippen molar-refractivity contribution >= 4 is 29.5 Å². The zero-order valence-electron chi connectivity index (χ0n) is 17.0. The molecule has 31 heavy (non-hydrogen) atoms. The molecule has 0 unspecified atom stereocenters. The SMILES string of the molecule is CCOc1ccc(NC(=O)c2ccc(NC(=O)COc3cccc(C=O)c3)cc2)cc1. The Morgan fingerprint density at radius 2 is 1.52 bits per heavy atom. The third kappa shape index (κ3) is 6.43. The molecule has 2 amide bonds. The first-order valence-corrected chi connectivity index (χ1v) is 9.69. The van der Waals surface area contributed by atoms with Crippen LogP contribution in [0, 0.1) is 0 Å². The maximum absolute atomic E-state index is 12.4. The molecule has 7 heteroatoms. The highest BCUT2D eigenvalue weighted by atomic mass is 16.5. The molecule has 2 N–H and O–H groups in total. The quantitative estimate of drug-likeness (QED) is 0.509. The van der Waals surface area contributed by atoms with Crippen LogP contribution in [0.4, 0.5) is 11.4 Å². The Bertz CT molecular complexity index is 1050. The van der Waals surface area contributed by atoms with Gasteiger partial charge in [0.2, 0.25) is 0 Å². The van der Waals surface area contributed by atoms with Crippen molar-refractivity contribution in [1.29, 1.82) is 0 Å². The van der Waals surface area contributed by atoms with Crippen LogP contribution in [0.25, 0.3) is 0 Å². The number of carbonyl (C=O) groups is 3. The van der Waals surface area contributed by atoms with Crippen LogP contribution in [0.2, 0.25) is 0 Å².